The second-order valence-electron chi connectivity index (χ2n) is 3.98. The molecule has 0 radical (unpaired) electrons. The van der Waals surface area contributed by atoms with E-state index in [1.165, 1.54) is 0 Å². The zero-order valence-corrected chi connectivity index (χ0v) is 10.8. The minimum Gasteiger partial charge on any atom is -0.481 e. The van der Waals surface area contributed by atoms with Gasteiger partial charge in [-0.1, -0.05) is 23.7 Å². The Kier molecular flexibility index (Phi) is 4.18. The number of hydrogen-bond donors (Lipinski definition) is 1. The third kappa shape index (κ3) is 3.22. The molecule has 0 aliphatic heterocycles. The maximum atomic E-state index is 10.1. The van der Waals surface area contributed by atoms with Crippen molar-refractivity contribution in [1.82, 2.24) is 4.98 Å². The Hall–Kier alpha value is -1.58. The number of halogens is 1. The Morgan fingerprint density at radius 3 is 2.78 bits per heavy atom. The summed E-state index contributed by atoms with van der Waals surface area (Å²) in [6, 6.07) is 11.0. The van der Waals surface area contributed by atoms with Crippen LogP contribution in [0.4, 0.5) is 0 Å². The lowest BCUT2D eigenvalue weighted by Gasteiger charge is -2.11. The van der Waals surface area contributed by atoms with Crippen LogP contribution in [-0.4, -0.2) is 17.2 Å². The highest BCUT2D eigenvalue weighted by molar-refractivity contribution is 6.30. The largest absolute Gasteiger partial charge is 0.481 e. The average molecular weight is 264 g/mol. The fourth-order valence-corrected chi connectivity index (χ4v) is 1.93. The predicted octanol–water partition coefficient (Wildman–Crippen LogP) is 3.02. The lowest BCUT2D eigenvalue weighted by molar-refractivity contribution is 0.178. The van der Waals surface area contributed by atoms with Gasteiger partial charge in [0.2, 0.25) is 5.88 Å². The van der Waals surface area contributed by atoms with Crippen molar-refractivity contribution in [1.29, 1.82) is 0 Å². The Balaban J connectivity index is 2.09. The number of nitrogens with zero attached hydrogens (tertiary/aromatic N) is 1. The van der Waals surface area contributed by atoms with E-state index in [1.54, 1.807) is 25.4 Å². The Morgan fingerprint density at radius 1 is 1.33 bits per heavy atom. The second-order valence-corrected chi connectivity index (χ2v) is 4.42. The standard InChI is InChI=1S/C14H14ClNO2/c1-18-14-6-5-11(9-16-14)13(17)8-10-3-2-4-12(15)7-10/h2-7,9,13,17H,8H2,1H3. The van der Waals surface area contributed by atoms with Crippen LogP contribution in [0, 0.1) is 0 Å². The van der Waals surface area contributed by atoms with Gasteiger partial charge in [0, 0.05) is 23.7 Å². The topological polar surface area (TPSA) is 42.4 Å². The first-order valence-electron chi connectivity index (χ1n) is 5.61. The van der Waals surface area contributed by atoms with Gasteiger partial charge < -0.3 is 9.84 Å². The van der Waals surface area contributed by atoms with Crippen molar-refractivity contribution in [3.8, 4) is 5.88 Å². The summed E-state index contributed by atoms with van der Waals surface area (Å²) < 4.78 is 4.97. The molecule has 0 saturated heterocycles. The highest BCUT2D eigenvalue weighted by atomic mass is 35.5. The monoisotopic (exact) mass is 263 g/mol. The quantitative estimate of drug-likeness (QED) is 0.922. The predicted molar refractivity (Wildman–Crippen MR) is 70.9 cm³/mol. The first-order chi connectivity index (χ1) is 8.69. The van der Waals surface area contributed by atoms with Gasteiger partial charge >= 0.3 is 0 Å². The number of ether oxygens (including phenoxy) is 1. The van der Waals surface area contributed by atoms with Crippen molar-refractivity contribution in [3.05, 3.63) is 58.7 Å². The number of hydrogen-bond acceptors (Lipinski definition) is 3. The van der Waals surface area contributed by atoms with Crippen LogP contribution in [-0.2, 0) is 6.42 Å². The molecule has 4 heteroatoms. The zero-order chi connectivity index (χ0) is 13.0. The van der Waals surface area contributed by atoms with Gasteiger partial charge in [0.05, 0.1) is 13.2 Å². The van der Waals surface area contributed by atoms with Crippen molar-refractivity contribution < 1.29 is 9.84 Å². The van der Waals surface area contributed by atoms with Crippen LogP contribution in [0.3, 0.4) is 0 Å². The molecule has 0 spiro atoms. The molecule has 1 atom stereocenters. The highest BCUT2D eigenvalue weighted by Gasteiger charge is 2.09. The molecule has 0 bridgehead atoms. The van der Waals surface area contributed by atoms with Crippen LogP contribution >= 0.6 is 11.6 Å². The van der Waals surface area contributed by atoms with Gasteiger partial charge in [0.25, 0.3) is 0 Å². The second kappa shape index (κ2) is 5.85. The van der Waals surface area contributed by atoms with Gasteiger partial charge in [-0.3, -0.25) is 0 Å². The third-order valence-corrected chi connectivity index (χ3v) is 2.91. The molecular weight excluding hydrogens is 250 g/mol. The zero-order valence-electron chi connectivity index (χ0n) is 10.0. The number of aromatic nitrogens is 1. The Bertz CT molecular complexity index is 513. The van der Waals surface area contributed by atoms with E-state index in [-0.39, 0.29) is 0 Å². The van der Waals surface area contributed by atoms with Crippen LogP contribution in [0.15, 0.2) is 42.6 Å². The van der Waals surface area contributed by atoms with Crippen LogP contribution < -0.4 is 4.74 Å². The van der Waals surface area contributed by atoms with Gasteiger partial charge in [-0.05, 0) is 29.3 Å². The normalized spacial score (nSPS) is 12.2. The average Bonchev–Trinajstić information content (AvgIpc) is 2.39. The van der Waals surface area contributed by atoms with Crippen LogP contribution in [0.2, 0.25) is 5.02 Å². The number of benzene rings is 1. The van der Waals surface area contributed by atoms with Crippen molar-refractivity contribution >= 4 is 11.6 Å². The van der Waals surface area contributed by atoms with Crippen molar-refractivity contribution in [2.45, 2.75) is 12.5 Å². The van der Waals surface area contributed by atoms with Gasteiger partial charge in [-0.15, -0.1) is 0 Å². The molecule has 94 valence electrons. The lowest BCUT2D eigenvalue weighted by atomic mass is 10.0. The summed E-state index contributed by atoms with van der Waals surface area (Å²) in [5.74, 6) is 0.536. The number of methoxy groups -OCH3 is 1. The highest BCUT2D eigenvalue weighted by Crippen LogP contribution is 2.20. The molecule has 0 aliphatic rings. The summed E-state index contributed by atoms with van der Waals surface area (Å²) in [4.78, 5) is 4.07. The molecule has 0 saturated carbocycles. The number of pyridine rings is 1. The van der Waals surface area contributed by atoms with Crippen LogP contribution in [0.1, 0.15) is 17.2 Å². The maximum absolute atomic E-state index is 10.1. The minimum atomic E-state index is -0.595. The molecule has 2 aromatic rings. The molecule has 1 aromatic carbocycles. The molecule has 3 nitrogen and oxygen atoms in total. The molecule has 2 rings (SSSR count). The first-order valence-corrected chi connectivity index (χ1v) is 5.99. The van der Waals surface area contributed by atoms with Gasteiger partial charge in [-0.2, -0.15) is 0 Å². The smallest absolute Gasteiger partial charge is 0.212 e. The van der Waals surface area contributed by atoms with E-state index in [4.69, 9.17) is 16.3 Å². The van der Waals surface area contributed by atoms with E-state index >= 15 is 0 Å². The summed E-state index contributed by atoms with van der Waals surface area (Å²) in [7, 11) is 1.56. The van der Waals surface area contributed by atoms with Gasteiger partial charge in [0.15, 0.2) is 0 Å². The summed E-state index contributed by atoms with van der Waals surface area (Å²) >= 11 is 5.90. The number of aliphatic hydroxyl groups is 1. The van der Waals surface area contributed by atoms with Crippen molar-refractivity contribution in [2.24, 2.45) is 0 Å². The van der Waals surface area contributed by atoms with E-state index in [2.05, 4.69) is 4.98 Å². The van der Waals surface area contributed by atoms with E-state index in [1.807, 2.05) is 24.3 Å². The third-order valence-electron chi connectivity index (χ3n) is 2.67. The number of rotatable bonds is 4. The van der Waals surface area contributed by atoms with E-state index in [0.717, 1.165) is 11.1 Å². The van der Waals surface area contributed by atoms with Crippen LogP contribution in [0.25, 0.3) is 0 Å². The maximum Gasteiger partial charge on any atom is 0.212 e. The van der Waals surface area contributed by atoms with Crippen molar-refractivity contribution in [3.63, 3.8) is 0 Å². The molecule has 0 fully saturated rings. The minimum absolute atomic E-state index is 0.509. The summed E-state index contributed by atoms with van der Waals surface area (Å²) in [6.07, 6.45) is 1.53. The fraction of sp³-hybridized carbons (Fsp3) is 0.214. The molecule has 1 heterocycles. The van der Waals surface area contributed by atoms with Gasteiger partial charge in [-0.25, -0.2) is 4.98 Å². The SMILES string of the molecule is COc1ccc(C(O)Cc2cccc(Cl)c2)cn1. The van der Waals surface area contributed by atoms with E-state index < -0.39 is 6.10 Å². The van der Waals surface area contributed by atoms with Crippen LogP contribution in [0.5, 0.6) is 5.88 Å². The molecule has 0 amide bonds. The Morgan fingerprint density at radius 2 is 2.17 bits per heavy atom. The Labute approximate surface area is 111 Å². The molecule has 0 aliphatic carbocycles. The summed E-state index contributed by atoms with van der Waals surface area (Å²) in [6.45, 7) is 0. The first kappa shape index (κ1) is 12.9. The molecule has 1 N–H and O–H groups in total. The molecule has 1 aromatic heterocycles. The molecular formula is C14H14ClNO2. The van der Waals surface area contributed by atoms with E-state index in [9.17, 15) is 5.11 Å². The van der Waals surface area contributed by atoms with Crippen molar-refractivity contribution in [2.75, 3.05) is 7.11 Å². The molecule has 1 unspecified atom stereocenters. The lowest BCUT2D eigenvalue weighted by Crippen LogP contribution is -2.02. The molecule has 18 heavy (non-hydrogen) atoms. The van der Waals surface area contributed by atoms with Gasteiger partial charge in [0.1, 0.15) is 0 Å². The summed E-state index contributed by atoms with van der Waals surface area (Å²) in [5.41, 5.74) is 1.75. The fourth-order valence-electron chi connectivity index (χ4n) is 1.71. The number of aliphatic hydroxyl groups excluding tert-OH is 1. The van der Waals surface area contributed by atoms with E-state index in [0.29, 0.717) is 17.3 Å². The summed E-state index contributed by atoms with van der Waals surface area (Å²) in [5, 5.41) is 10.8.